The van der Waals surface area contributed by atoms with Crippen LogP contribution in [0, 0.1) is 5.41 Å². The third-order valence-corrected chi connectivity index (χ3v) is 4.26. The maximum atomic E-state index is 13.0. The smallest absolute Gasteiger partial charge is 0.406 e. The third kappa shape index (κ3) is 6.25. The minimum Gasteiger partial charge on any atom is -0.406 e. The summed E-state index contributed by atoms with van der Waals surface area (Å²) in [6, 6.07) is 5.39. The molecule has 0 spiro atoms. The third-order valence-electron chi connectivity index (χ3n) is 4.26. The standard InChI is InChI=1S/C19H26F3NO2/c1-18(2,3)13-23(15-7-5-4-6-8-15)17(24)14-9-11-16(12-10-14)25-19(20,21)22/h9-12,15H,4-8,13H2,1-3H3. The van der Waals surface area contributed by atoms with Crippen molar-refractivity contribution in [1.82, 2.24) is 4.90 Å². The number of carbonyl (C=O) groups is 1. The molecule has 0 bridgehead atoms. The van der Waals surface area contributed by atoms with E-state index in [1.807, 2.05) is 4.90 Å². The zero-order valence-electron chi connectivity index (χ0n) is 15.0. The van der Waals surface area contributed by atoms with Crippen LogP contribution in [0.2, 0.25) is 0 Å². The van der Waals surface area contributed by atoms with Crippen LogP contribution in [-0.2, 0) is 0 Å². The van der Waals surface area contributed by atoms with Crippen LogP contribution < -0.4 is 4.74 Å². The molecule has 1 aliphatic rings. The van der Waals surface area contributed by atoms with Gasteiger partial charge in [-0.05, 0) is 42.5 Å². The lowest BCUT2D eigenvalue weighted by Gasteiger charge is -2.38. The maximum Gasteiger partial charge on any atom is 0.573 e. The SMILES string of the molecule is CC(C)(C)CN(C(=O)c1ccc(OC(F)(F)F)cc1)C1CCCCC1. The lowest BCUT2D eigenvalue weighted by molar-refractivity contribution is -0.274. The highest BCUT2D eigenvalue weighted by molar-refractivity contribution is 5.94. The summed E-state index contributed by atoms with van der Waals surface area (Å²) in [6.07, 6.45) is 0.644. The highest BCUT2D eigenvalue weighted by Gasteiger charge is 2.32. The van der Waals surface area contributed by atoms with E-state index in [1.165, 1.54) is 30.7 Å². The molecule has 1 aromatic rings. The van der Waals surface area contributed by atoms with E-state index in [4.69, 9.17) is 0 Å². The molecule has 0 aliphatic heterocycles. The molecule has 0 radical (unpaired) electrons. The molecule has 0 N–H and O–H groups in total. The van der Waals surface area contributed by atoms with Gasteiger partial charge in [0.15, 0.2) is 0 Å². The molecule has 0 heterocycles. The minimum absolute atomic E-state index is 0.0492. The number of nitrogens with zero attached hydrogens (tertiary/aromatic N) is 1. The fourth-order valence-corrected chi connectivity index (χ4v) is 3.24. The first-order chi connectivity index (χ1) is 11.6. The number of alkyl halides is 3. The minimum atomic E-state index is -4.73. The van der Waals surface area contributed by atoms with E-state index in [0.717, 1.165) is 25.7 Å². The molecule has 1 fully saturated rings. The summed E-state index contributed by atoms with van der Waals surface area (Å²) in [6.45, 7) is 6.86. The number of rotatable bonds is 4. The monoisotopic (exact) mass is 357 g/mol. The second-order valence-electron chi connectivity index (χ2n) is 7.86. The van der Waals surface area contributed by atoms with Gasteiger partial charge in [-0.1, -0.05) is 40.0 Å². The second-order valence-corrected chi connectivity index (χ2v) is 7.86. The van der Waals surface area contributed by atoms with Crippen molar-refractivity contribution in [2.24, 2.45) is 5.41 Å². The molecule has 1 amide bonds. The van der Waals surface area contributed by atoms with Crippen molar-refractivity contribution in [1.29, 1.82) is 0 Å². The van der Waals surface area contributed by atoms with Crippen molar-refractivity contribution < 1.29 is 22.7 Å². The molecule has 1 saturated carbocycles. The zero-order chi connectivity index (χ0) is 18.7. The summed E-state index contributed by atoms with van der Waals surface area (Å²) >= 11 is 0. The Morgan fingerprint density at radius 2 is 1.64 bits per heavy atom. The first-order valence-corrected chi connectivity index (χ1v) is 8.72. The van der Waals surface area contributed by atoms with Crippen LogP contribution in [-0.4, -0.2) is 29.8 Å². The van der Waals surface area contributed by atoms with Gasteiger partial charge in [0, 0.05) is 18.2 Å². The van der Waals surface area contributed by atoms with Gasteiger partial charge in [-0.3, -0.25) is 4.79 Å². The Bertz CT molecular complexity index is 570. The van der Waals surface area contributed by atoms with Gasteiger partial charge in [0.2, 0.25) is 0 Å². The summed E-state index contributed by atoms with van der Waals surface area (Å²) in [5.74, 6) is -0.440. The van der Waals surface area contributed by atoms with Crippen LogP contribution >= 0.6 is 0 Å². The van der Waals surface area contributed by atoms with Crippen LogP contribution in [0.4, 0.5) is 13.2 Å². The van der Waals surface area contributed by atoms with Gasteiger partial charge in [-0.15, -0.1) is 13.2 Å². The van der Waals surface area contributed by atoms with E-state index in [2.05, 4.69) is 25.5 Å². The first kappa shape index (κ1) is 19.6. The van der Waals surface area contributed by atoms with Crippen LogP contribution in [0.15, 0.2) is 24.3 Å². The first-order valence-electron chi connectivity index (χ1n) is 8.72. The Hall–Kier alpha value is -1.72. The molecular weight excluding hydrogens is 331 g/mol. The molecule has 0 saturated heterocycles. The average molecular weight is 357 g/mol. The van der Waals surface area contributed by atoms with E-state index < -0.39 is 6.36 Å². The number of ether oxygens (including phenoxy) is 1. The largest absolute Gasteiger partial charge is 0.573 e. The van der Waals surface area contributed by atoms with E-state index in [9.17, 15) is 18.0 Å². The molecule has 2 rings (SSSR count). The van der Waals surface area contributed by atoms with Crippen molar-refractivity contribution >= 4 is 5.91 Å². The summed E-state index contributed by atoms with van der Waals surface area (Å²) in [5.41, 5.74) is 0.344. The van der Waals surface area contributed by atoms with Gasteiger partial charge in [0.05, 0.1) is 0 Å². The molecule has 3 nitrogen and oxygen atoms in total. The summed E-state index contributed by atoms with van der Waals surface area (Å²) in [7, 11) is 0. The molecule has 6 heteroatoms. The summed E-state index contributed by atoms with van der Waals surface area (Å²) in [4.78, 5) is 14.9. The molecule has 1 aliphatic carbocycles. The number of carbonyl (C=O) groups excluding carboxylic acids is 1. The van der Waals surface area contributed by atoms with Crippen LogP contribution in [0.3, 0.4) is 0 Å². The Kier molecular flexibility index (Phi) is 6.01. The van der Waals surface area contributed by atoms with Crippen molar-refractivity contribution in [3.05, 3.63) is 29.8 Å². The quantitative estimate of drug-likeness (QED) is 0.721. The summed E-state index contributed by atoms with van der Waals surface area (Å²) < 4.78 is 40.6. The zero-order valence-corrected chi connectivity index (χ0v) is 15.0. The number of amides is 1. The maximum absolute atomic E-state index is 13.0. The molecule has 0 atom stereocenters. The number of hydrogen-bond acceptors (Lipinski definition) is 2. The van der Waals surface area contributed by atoms with Crippen molar-refractivity contribution in [2.45, 2.75) is 65.3 Å². The van der Waals surface area contributed by atoms with Crippen LogP contribution in [0.1, 0.15) is 63.2 Å². The van der Waals surface area contributed by atoms with Gasteiger partial charge in [0.25, 0.3) is 5.91 Å². The highest BCUT2D eigenvalue weighted by atomic mass is 19.4. The molecular formula is C19H26F3NO2. The topological polar surface area (TPSA) is 29.5 Å². The van der Waals surface area contributed by atoms with Crippen LogP contribution in [0.5, 0.6) is 5.75 Å². The van der Waals surface area contributed by atoms with Crippen molar-refractivity contribution in [3.8, 4) is 5.75 Å². The number of benzene rings is 1. The van der Waals surface area contributed by atoms with E-state index >= 15 is 0 Å². The molecule has 1 aromatic carbocycles. The Morgan fingerprint density at radius 1 is 1.08 bits per heavy atom. The van der Waals surface area contributed by atoms with Gasteiger partial charge in [-0.25, -0.2) is 0 Å². The normalized spacial score (nSPS) is 16.6. The Labute approximate surface area is 147 Å². The van der Waals surface area contributed by atoms with Gasteiger partial charge in [0.1, 0.15) is 5.75 Å². The van der Waals surface area contributed by atoms with Crippen molar-refractivity contribution in [3.63, 3.8) is 0 Å². The Morgan fingerprint density at radius 3 is 2.12 bits per heavy atom. The van der Waals surface area contributed by atoms with Gasteiger partial charge in [-0.2, -0.15) is 0 Å². The van der Waals surface area contributed by atoms with Crippen LogP contribution in [0.25, 0.3) is 0 Å². The van der Waals surface area contributed by atoms with Crippen molar-refractivity contribution in [2.75, 3.05) is 6.54 Å². The fraction of sp³-hybridized carbons (Fsp3) is 0.632. The van der Waals surface area contributed by atoms with Gasteiger partial charge < -0.3 is 9.64 Å². The molecule has 0 unspecified atom stereocenters. The van der Waals surface area contributed by atoms with E-state index in [-0.39, 0.29) is 23.1 Å². The number of hydrogen-bond donors (Lipinski definition) is 0. The summed E-state index contributed by atoms with van der Waals surface area (Å²) in [5, 5.41) is 0. The van der Waals surface area contributed by atoms with E-state index in [1.54, 1.807) is 0 Å². The predicted octanol–water partition coefficient (Wildman–Crippen LogP) is 5.41. The van der Waals surface area contributed by atoms with Gasteiger partial charge >= 0.3 is 6.36 Å². The lowest BCUT2D eigenvalue weighted by atomic mass is 9.90. The highest BCUT2D eigenvalue weighted by Crippen LogP contribution is 2.28. The fourth-order valence-electron chi connectivity index (χ4n) is 3.24. The average Bonchev–Trinajstić information content (AvgIpc) is 2.51. The Balaban J connectivity index is 2.17. The number of halogens is 3. The second kappa shape index (κ2) is 7.67. The predicted molar refractivity (Wildman–Crippen MR) is 90.5 cm³/mol. The molecule has 140 valence electrons. The molecule has 25 heavy (non-hydrogen) atoms. The molecule has 0 aromatic heterocycles. The lowest BCUT2D eigenvalue weighted by Crippen LogP contribution is -2.45. The van der Waals surface area contributed by atoms with E-state index in [0.29, 0.717) is 12.1 Å².